The van der Waals surface area contributed by atoms with Crippen molar-refractivity contribution in [1.29, 1.82) is 0 Å². The Morgan fingerprint density at radius 1 is 0.789 bits per heavy atom. The molecule has 2 aromatic carbocycles. The van der Waals surface area contributed by atoms with Gasteiger partial charge in [-0.1, -0.05) is 66.2 Å². The van der Waals surface area contributed by atoms with Crippen LogP contribution in [0.15, 0.2) is 60.2 Å². The van der Waals surface area contributed by atoms with Crippen LogP contribution in [0.5, 0.6) is 0 Å². The Hall–Kier alpha value is -1.09. The van der Waals surface area contributed by atoms with Gasteiger partial charge in [-0.3, -0.25) is 0 Å². The van der Waals surface area contributed by atoms with Crippen LogP contribution in [0, 0.1) is 6.42 Å². The van der Waals surface area contributed by atoms with Gasteiger partial charge >= 0.3 is 29.4 Å². The number of rotatable bonds is 2. The van der Waals surface area contributed by atoms with Gasteiger partial charge in [-0.05, 0) is 23.1 Å². The van der Waals surface area contributed by atoms with E-state index in [0.717, 1.165) is 6.42 Å². The number of benzene rings is 2. The van der Waals surface area contributed by atoms with Crippen LogP contribution in [0.2, 0.25) is 0 Å². The Morgan fingerprint density at radius 2 is 1.37 bits per heavy atom. The topological polar surface area (TPSA) is 0 Å². The summed E-state index contributed by atoms with van der Waals surface area (Å²) in [5, 5.41) is 0. The zero-order valence-corrected chi connectivity index (χ0v) is 13.9. The molecule has 1 aliphatic rings. The maximum absolute atomic E-state index is 9.82. The maximum atomic E-state index is 9.82. The molecule has 0 heterocycles. The van der Waals surface area contributed by atoms with E-state index in [1.54, 1.807) is 0 Å². The SMILES string of the molecule is [CH]1C(Cc2ccccc2)=Cc2ccccc21.[F][Hf][F]. The second-order valence-corrected chi connectivity index (χ2v) is 4.74. The number of allylic oxidation sites excluding steroid dienone is 1. The van der Waals surface area contributed by atoms with Gasteiger partial charge in [-0.15, -0.1) is 0 Å². The summed E-state index contributed by atoms with van der Waals surface area (Å²) in [7, 11) is 0. The summed E-state index contributed by atoms with van der Waals surface area (Å²) in [5.74, 6) is 0. The van der Waals surface area contributed by atoms with Gasteiger partial charge in [-0.2, -0.15) is 0 Å². The quantitative estimate of drug-likeness (QED) is 0.616. The summed E-state index contributed by atoms with van der Waals surface area (Å²) in [6, 6.07) is 19.1. The summed E-state index contributed by atoms with van der Waals surface area (Å²) in [6.45, 7) is 0. The Kier molecular flexibility index (Phi) is 5.64. The van der Waals surface area contributed by atoms with E-state index in [1.807, 2.05) is 0 Å². The molecule has 0 aliphatic heterocycles. The molecule has 1 aliphatic carbocycles. The first kappa shape index (κ1) is 14.3. The first-order valence-electron chi connectivity index (χ1n) is 5.98. The van der Waals surface area contributed by atoms with Crippen LogP contribution in [-0.2, 0) is 30.5 Å². The zero-order valence-electron chi connectivity index (χ0n) is 10.3. The minimum absolute atomic E-state index is 1.02. The van der Waals surface area contributed by atoms with Gasteiger partial charge in [0.15, 0.2) is 0 Å². The van der Waals surface area contributed by atoms with E-state index in [0.29, 0.717) is 0 Å². The van der Waals surface area contributed by atoms with Gasteiger partial charge in [0.1, 0.15) is 0 Å². The van der Waals surface area contributed by atoms with Crippen LogP contribution in [-0.4, -0.2) is 0 Å². The Bertz CT molecular complexity index is 550. The normalized spacial score (nSPS) is 12.0. The van der Waals surface area contributed by atoms with E-state index in [4.69, 9.17) is 0 Å². The molecule has 0 spiro atoms. The van der Waals surface area contributed by atoms with Crippen molar-refractivity contribution in [3.63, 3.8) is 0 Å². The molecular formula is C16H13F2Hf. The molecule has 0 bridgehead atoms. The molecule has 2 aromatic rings. The van der Waals surface area contributed by atoms with Crippen molar-refractivity contribution in [2.75, 3.05) is 0 Å². The fraction of sp³-hybridized carbons (Fsp3) is 0.0625. The molecule has 0 amide bonds. The van der Waals surface area contributed by atoms with Crippen LogP contribution in [0.25, 0.3) is 6.08 Å². The third kappa shape index (κ3) is 4.20. The van der Waals surface area contributed by atoms with Crippen molar-refractivity contribution in [3.05, 3.63) is 83.3 Å². The molecule has 0 saturated carbocycles. The molecule has 0 atom stereocenters. The number of halogens is 2. The molecule has 0 nitrogen and oxygen atoms in total. The van der Waals surface area contributed by atoms with Gasteiger partial charge in [0.25, 0.3) is 0 Å². The third-order valence-corrected chi connectivity index (χ3v) is 2.93. The molecule has 0 saturated heterocycles. The predicted octanol–water partition coefficient (Wildman–Crippen LogP) is 4.72. The first-order valence-corrected chi connectivity index (χ1v) is 8.69. The van der Waals surface area contributed by atoms with Crippen molar-refractivity contribution < 1.29 is 29.4 Å². The fourth-order valence-corrected chi connectivity index (χ4v) is 2.15. The molecule has 3 rings (SSSR count). The molecule has 0 fully saturated rings. The summed E-state index contributed by atoms with van der Waals surface area (Å²) >= 11 is -2.92. The second-order valence-electron chi connectivity index (χ2n) is 4.23. The van der Waals surface area contributed by atoms with Crippen LogP contribution in [0.4, 0.5) is 5.33 Å². The Balaban J connectivity index is 0.000000408. The molecule has 0 unspecified atom stereocenters. The summed E-state index contributed by atoms with van der Waals surface area (Å²) in [4.78, 5) is 0. The van der Waals surface area contributed by atoms with Crippen molar-refractivity contribution in [2.24, 2.45) is 0 Å². The van der Waals surface area contributed by atoms with E-state index >= 15 is 0 Å². The molecule has 0 N–H and O–H groups in total. The van der Waals surface area contributed by atoms with E-state index in [-0.39, 0.29) is 0 Å². The Morgan fingerprint density at radius 3 is 2.00 bits per heavy atom. The molecule has 1 radical (unpaired) electrons. The van der Waals surface area contributed by atoms with Gasteiger partial charge in [0.05, 0.1) is 0 Å². The van der Waals surface area contributed by atoms with Crippen molar-refractivity contribution in [3.8, 4) is 0 Å². The van der Waals surface area contributed by atoms with E-state index in [2.05, 4.69) is 67.1 Å². The van der Waals surface area contributed by atoms with E-state index in [9.17, 15) is 5.33 Å². The molecule has 19 heavy (non-hydrogen) atoms. The van der Waals surface area contributed by atoms with Crippen LogP contribution < -0.4 is 0 Å². The fourth-order valence-electron chi connectivity index (χ4n) is 2.15. The third-order valence-electron chi connectivity index (χ3n) is 2.93. The van der Waals surface area contributed by atoms with Crippen molar-refractivity contribution in [1.82, 2.24) is 0 Å². The Labute approximate surface area is 125 Å². The first-order chi connectivity index (χ1) is 9.33. The monoisotopic (exact) mass is 423 g/mol. The van der Waals surface area contributed by atoms with Crippen molar-refractivity contribution in [2.45, 2.75) is 6.42 Å². The van der Waals surface area contributed by atoms with Gasteiger partial charge in [0, 0.05) is 6.42 Å². The second kappa shape index (κ2) is 7.49. The summed E-state index contributed by atoms with van der Waals surface area (Å²) < 4.78 is 19.6. The zero-order chi connectivity index (χ0) is 13.5. The van der Waals surface area contributed by atoms with Gasteiger partial charge in [0.2, 0.25) is 0 Å². The standard InChI is InChI=1S/C16H13.2FH.Hf/c1-2-6-13(7-3-1)10-14-11-15-8-4-5-9-16(15)12-14;;;/h1-9,11-12H,10H2;2*1H;/q;;;+2/p-2. The molecular weight excluding hydrogens is 409 g/mol. The van der Waals surface area contributed by atoms with Crippen molar-refractivity contribution >= 4 is 6.08 Å². The van der Waals surface area contributed by atoms with Crippen LogP contribution in [0.3, 0.4) is 0 Å². The summed E-state index contributed by atoms with van der Waals surface area (Å²) in [5.41, 5.74) is 5.45. The predicted molar refractivity (Wildman–Crippen MR) is 70.2 cm³/mol. The molecule has 3 heteroatoms. The average Bonchev–Trinajstić information content (AvgIpc) is 2.83. The van der Waals surface area contributed by atoms with Gasteiger partial charge in [-0.25, -0.2) is 0 Å². The van der Waals surface area contributed by atoms with E-state index in [1.165, 1.54) is 22.3 Å². The average molecular weight is 422 g/mol. The number of fused-ring (bicyclic) bond motifs is 1. The van der Waals surface area contributed by atoms with Crippen LogP contribution in [0.1, 0.15) is 16.7 Å². The molecule has 95 valence electrons. The minimum atomic E-state index is -2.92. The van der Waals surface area contributed by atoms with E-state index < -0.39 is 24.1 Å². The summed E-state index contributed by atoms with van der Waals surface area (Å²) in [6.07, 6.45) is 5.58. The number of hydrogen-bond donors (Lipinski definition) is 0. The van der Waals surface area contributed by atoms with Crippen LogP contribution >= 0.6 is 0 Å². The number of hydrogen-bond acceptors (Lipinski definition) is 0. The molecule has 0 aromatic heterocycles. The van der Waals surface area contributed by atoms with Gasteiger partial charge < -0.3 is 0 Å².